The summed E-state index contributed by atoms with van der Waals surface area (Å²) in [6.45, 7) is 4.52. The Bertz CT molecular complexity index is 314. The van der Waals surface area contributed by atoms with Crippen molar-refractivity contribution in [1.82, 2.24) is 0 Å². The average Bonchev–Trinajstić information content (AvgIpc) is 2.01. The first-order valence-electron chi connectivity index (χ1n) is 4.62. The summed E-state index contributed by atoms with van der Waals surface area (Å²) >= 11 is 0. The molecule has 0 heterocycles. The molecule has 1 rings (SSSR count). The average molecular weight is 193 g/mol. The Hall–Kier alpha value is -1.51. The van der Waals surface area contributed by atoms with Crippen LogP contribution in [-0.4, -0.2) is 17.6 Å². The predicted molar refractivity (Wildman–Crippen MR) is 56.7 cm³/mol. The van der Waals surface area contributed by atoms with Gasteiger partial charge in [-0.3, -0.25) is 4.79 Å². The molecule has 0 aliphatic rings. The molecule has 0 unspecified atom stereocenters. The zero-order valence-corrected chi connectivity index (χ0v) is 8.50. The molecule has 2 N–H and O–H groups in total. The van der Waals surface area contributed by atoms with Crippen molar-refractivity contribution in [1.29, 1.82) is 0 Å². The number of carboxylic acid groups (broad SMARTS) is 1. The van der Waals surface area contributed by atoms with E-state index in [1.54, 1.807) is 0 Å². The molecule has 0 atom stereocenters. The fourth-order valence-corrected chi connectivity index (χ4v) is 1.39. The highest BCUT2D eigenvalue weighted by molar-refractivity contribution is 5.67. The van der Waals surface area contributed by atoms with E-state index in [4.69, 9.17) is 5.11 Å². The van der Waals surface area contributed by atoms with Crippen LogP contribution in [0.15, 0.2) is 18.2 Å². The molecule has 0 saturated heterocycles. The van der Waals surface area contributed by atoms with E-state index in [1.807, 2.05) is 26.0 Å². The number of benzene rings is 1. The van der Waals surface area contributed by atoms with Crippen LogP contribution in [0.1, 0.15) is 17.5 Å². The van der Waals surface area contributed by atoms with Gasteiger partial charge in [-0.2, -0.15) is 0 Å². The van der Waals surface area contributed by atoms with Gasteiger partial charge in [0, 0.05) is 12.2 Å². The molecule has 0 spiro atoms. The van der Waals surface area contributed by atoms with Gasteiger partial charge in [0.2, 0.25) is 0 Å². The molecule has 0 aliphatic carbocycles. The zero-order valence-electron chi connectivity index (χ0n) is 8.50. The van der Waals surface area contributed by atoms with E-state index in [0.717, 1.165) is 5.69 Å². The van der Waals surface area contributed by atoms with Gasteiger partial charge in [0.05, 0.1) is 6.42 Å². The van der Waals surface area contributed by atoms with Crippen LogP contribution in [0.25, 0.3) is 0 Å². The van der Waals surface area contributed by atoms with Crippen LogP contribution >= 0.6 is 0 Å². The molecule has 0 aromatic heterocycles. The first-order chi connectivity index (χ1) is 6.58. The highest BCUT2D eigenvalue weighted by Gasteiger charge is 1.97. The van der Waals surface area contributed by atoms with Gasteiger partial charge in [0.25, 0.3) is 0 Å². The number of anilines is 1. The SMILES string of the molecule is Cc1cc(C)cc(NCCC(=O)O)c1. The molecule has 14 heavy (non-hydrogen) atoms. The first kappa shape index (κ1) is 10.6. The summed E-state index contributed by atoms with van der Waals surface area (Å²) in [5.41, 5.74) is 3.36. The minimum absolute atomic E-state index is 0.146. The summed E-state index contributed by atoms with van der Waals surface area (Å²) in [6, 6.07) is 6.10. The standard InChI is InChI=1S/C11H15NO2/c1-8-5-9(2)7-10(6-8)12-4-3-11(13)14/h5-7,12H,3-4H2,1-2H3,(H,13,14). The van der Waals surface area contributed by atoms with Crippen molar-refractivity contribution < 1.29 is 9.90 Å². The largest absolute Gasteiger partial charge is 0.481 e. The summed E-state index contributed by atoms with van der Waals surface area (Å²) in [5, 5.41) is 11.5. The fraction of sp³-hybridized carbons (Fsp3) is 0.364. The number of carboxylic acids is 1. The summed E-state index contributed by atoms with van der Waals surface area (Å²) in [4.78, 5) is 10.3. The van der Waals surface area contributed by atoms with E-state index in [9.17, 15) is 4.79 Å². The lowest BCUT2D eigenvalue weighted by Crippen LogP contribution is -2.07. The molecule has 1 aromatic rings. The molecule has 0 fully saturated rings. The number of rotatable bonds is 4. The third kappa shape index (κ3) is 3.47. The Morgan fingerprint density at radius 2 is 1.86 bits per heavy atom. The van der Waals surface area contributed by atoms with E-state index < -0.39 is 5.97 Å². The number of nitrogens with one attached hydrogen (secondary N) is 1. The first-order valence-corrected chi connectivity index (χ1v) is 4.62. The molecule has 3 nitrogen and oxygen atoms in total. The highest BCUT2D eigenvalue weighted by atomic mass is 16.4. The van der Waals surface area contributed by atoms with Crippen LogP contribution in [0.5, 0.6) is 0 Å². The van der Waals surface area contributed by atoms with Crippen LogP contribution in [0.2, 0.25) is 0 Å². The molecular weight excluding hydrogens is 178 g/mol. The molecule has 0 amide bonds. The lowest BCUT2D eigenvalue weighted by Gasteiger charge is -2.06. The van der Waals surface area contributed by atoms with E-state index >= 15 is 0 Å². The maximum absolute atomic E-state index is 10.3. The predicted octanol–water partition coefficient (Wildman–Crippen LogP) is 2.19. The maximum Gasteiger partial charge on any atom is 0.305 e. The highest BCUT2D eigenvalue weighted by Crippen LogP contribution is 2.13. The molecular formula is C11H15NO2. The summed E-state index contributed by atoms with van der Waals surface area (Å²) in [7, 11) is 0. The number of carbonyl (C=O) groups is 1. The van der Waals surface area contributed by atoms with Gasteiger partial charge in [0.15, 0.2) is 0 Å². The van der Waals surface area contributed by atoms with Gasteiger partial charge >= 0.3 is 5.97 Å². The molecule has 0 aliphatic heterocycles. The van der Waals surface area contributed by atoms with Crippen LogP contribution < -0.4 is 5.32 Å². The smallest absolute Gasteiger partial charge is 0.305 e. The second kappa shape index (κ2) is 4.65. The van der Waals surface area contributed by atoms with Crippen molar-refractivity contribution in [3.05, 3.63) is 29.3 Å². The molecule has 1 aromatic carbocycles. The lowest BCUT2D eigenvalue weighted by atomic mass is 10.1. The van der Waals surface area contributed by atoms with E-state index in [1.165, 1.54) is 11.1 Å². The van der Waals surface area contributed by atoms with Crippen LogP contribution in [0.3, 0.4) is 0 Å². The topological polar surface area (TPSA) is 49.3 Å². The minimum atomic E-state index is -0.776. The zero-order chi connectivity index (χ0) is 10.6. The van der Waals surface area contributed by atoms with Crippen molar-refractivity contribution in [2.75, 3.05) is 11.9 Å². The van der Waals surface area contributed by atoms with Crippen molar-refractivity contribution in [2.45, 2.75) is 20.3 Å². The third-order valence-electron chi connectivity index (χ3n) is 1.89. The Labute approximate surface area is 83.8 Å². The Morgan fingerprint density at radius 3 is 2.36 bits per heavy atom. The number of hydrogen-bond donors (Lipinski definition) is 2. The molecule has 3 heteroatoms. The third-order valence-corrected chi connectivity index (χ3v) is 1.89. The van der Waals surface area contributed by atoms with Crippen LogP contribution in [-0.2, 0) is 4.79 Å². The van der Waals surface area contributed by atoms with E-state index in [0.29, 0.717) is 6.54 Å². The normalized spacial score (nSPS) is 9.86. The van der Waals surface area contributed by atoms with Crippen molar-refractivity contribution in [3.8, 4) is 0 Å². The number of hydrogen-bond acceptors (Lipinski definition) is 2. The quantitative estimate of drug-likeness (QED) is 0.770. The molecule has 0 radical (unpaired) electrons. The second-order valence-electron chi connectivity index (χ2n) is 3.45. The molecule has 76 valence electrons. The van der Waals surface area contributed by atoms with Crippen molar-refractivity contribution >= 4 is 11.7 Å². The maximum atomic E-state index is 10.3. The van der Waals surface area contributed by atoms with Gasteiger partial charge in [-0.1, -0.05) is 6.07 Å². The van der Waals surface area contributed by atoms with E-state index in [-0.39, 0.29) is 6.42 Å². The second-order valence-corrected chi connectivity index (χ2v) is 3.45. The van der Waals surface area contributed by atoms with Gasteiger partial charge < -0.3 is 10.4 Å². The van der Waals surface area contributed by atoms with Gasteiger partial charge in [-0.15, -0.1) is 0 Å². The van der Waals surface area contributed by atoms with Crippen molar-refractivity contribution in [2.24, 2.45) is 0 Å². The lowest BCUT2D eigenvalue weighted by molar-refractivity contribution is -0.136. The van der Waals surface area contributed by atoms with Gasteiger partial charge in [-0.05, 0) is 37.1 Å². The summed E-state index contributed by atoms with van der Waals surface area (Å²) < 4.78 is 0. The Balaban J connectivity index is 2.54. The molecule has 0 bridgehead atoms. The number of aliphatic carboxylic acids is 1. The monoisotopic (exact) mass is 193 g/mol. The number of aryl methyl sites for hydroxylation is 2. The Kier molecular flexibility index (Phi) is 3.51. The van der Waals surface area contributed by atoms with E-state index in [2.05, 4.69) is 11.4 Å². The van der Waals surface area contributed by atoms with Crippen molar-refractivity contribution in [3.63, 3.8) is 0 Å². The Morgan fingerprint density at radius 1 is 1.29 bits per heavy atom. The molecule has 0 saturated carbocycles. The summed E-state index contributed by atoms with van der Waals surface area (Å²) in [5.74, 6) is -0.776. The van der Waals surface area contributed by atoms with Crippen LogP contribution in [0, 0.1) is 13.8 Å². The van der Waals surface area contributed by atoms with Crippen LogP contribution in [0.4, 0.5) is 5.69 Å². The minimum Gasteiger partial charge on any atom is -0.481 e. The summed E-state index contributed by atoms with van der Waals surface area (Å²) in [6.07, 6.45) is 0.146. The fourth-order valence-electron chi connectivity index (χ4n) is 1.39. The van der Waals surface area contributed by atoms with Gasteiger partial charge in [-0.25, -0.2) is 0 Å². The van der Waals surface area contributed by atoms with Gasteiger partial charge in [0.1, 0.15) is 0 Å².